The zero-order valence-corrected chi connectivity index (χ0v) is 12.9. The van der Waals surface area contributed by atoms with Crippen LogP contribution in [-0.2, 0) is 19.6 Å². The standard InChI is InChI=1S/C14H15FN2O5S/c15-13-7-12(2-1-10(13)8-16)23(20,21)17-5-3-11(4-6-17)22-9-14(18)19/h1-2,7,11H,3-6,9H2,(H,18,19). The lowest BCUT2D eigenvalue weighted by Gasteiger charge is -2.30. The van der Waals surface area contributed by atoms with Gasteiger partial charge in [-0.1, -0.05) is 0 Å². The second-order valence-corrected chi connectivity index (χ2v) is 7.00. The number of benzene rings is 1. The van der Waals surface area contributed by atoms with Gasteiger partial charge in [-0.3, -0.25) is 0 Å². The van der Waals surface area contributed by atoms with Crippen molar-refractivity contribution < 1.29 is 27.4 Å². The summed E-state index contributed by atoms with van der Waals surface area (Å²) in [6.07, 6.45) is 0.423. The Kier molecular flexibility index (Phi) is 5.30. The van der Waals surface area contributed by atoms with Crippen LogP contribution in [0.5, 0.6) is 0 Å². The van der Waals surface area contributed by atoms with E-state index in [2.05, 4.69) is 0 Å². The molecule has 9 heteroatoms. The molecule has 2 rings (SSSR count). The van der Waals surface area contributed by atoms with Gasteiger partial charge < -0.3 is 9.84 Å². The summed E-state index contributed by atoms with van der Waals surface area (Å²) in [6.45, 7) is -0.0965. The molecule has 1 heterocycles. The van der Waals surface area contributed by atoms with Gasteiger partial charge in [0.25, 0.3) is 0 Å². The van der Waals surface area contributed by atoms with Gasteiger partial charge >= 0.3 is 5.97 Å². The van der Waals surface area contributed by atoms with Crippen LogP contribution in [0.3, 0.4) is 0 Å². The van der Waals surface area contributed by atoms with Gasteiger partial charge in [0.05, 0.1) is 16.6 Å². The number of nitriles is 1. The normalized spacial score (nSPS) is 16.9. The lowest BCUT2D eigenvalue weighted by Crippen LogP contribution is -2.41. The highest BCUT2D eigenvalue weighted by molar-refractivity contribution is 7.89. The summed E-state index contributed by atoms with van der Waals surface area (Å²) in [4.78, 5) is 10.2. The Hall–Kier alpha value is -2.02. The molecule has 7 nitrogen and oxygen atoms in total. The number of hydrogen-bond acceptors (Lipinski definition) is 5. The number of carbonyl (C=O) groups is 1. The number of aliphatic carboxylic acids is 1. The lowest BCUT2D eigenvalue weighted by molar-refractivity contribution is -0.145. The van der Waals surface area contributed by atoms with E-state index in [0.29, 0.717) is 12.8 Å². The van der Waals surface area contributed by atoms with Crippen molar-refractivity contribution in [3.8, 4) is 6.07 Å². The summed E-state index contributed by atoms with van der Waals surface area (Å²) in [6, 6.07) is 4.80. The SMILES string of the molecule is N#Cc1ccc(S(=O)(=O)N2CCC(OCC(=O)O)CC2)cc1F. The van der Waals surface area contributed by atoms with Gasteiger partial charge in [-0.25, -0.2) is 17.6 Å². The molecule has 1 aromatic rings. The Labute approximate surface area is 132 Å². The Morgan fingerprint density at radius 2 is 2.09 bits per heavy atom. The fourth-order valence-electron chi connectivity index (χ4n) is 2.32. The second-order valence-electron chi connectivity index (χ2n) is 5.06. The first kappa shape index (κ1) is 17.3. The van der Waals surface area contributed by atoms with Crippen LogP contribution in [0.25, 0.3) is 0 Å². The molecule has 0 amide bonds. The molecule has 0 unspecified atom stereocenters. The largest absolute Gasteiger partial charge is 0.480 e. The van der Waals surface area contributed by atoms with E-state index in [4.69, 9.17) is 15.1 Å². The Morgan fingerprint density at radius 3 is 2.61 bits per heavy atom. The molecule has 0 atom stereocenters. The molecule has 0 aliphatic carbocycles. The number of piperidine rings is 1. The van der Waals surface area contributed by atoms with Crippen molar-refractivity contribution in [2.45, 2.75) is 23.8 Å². The smallest absolute Gasteiger partial charge is 0.329 e. The van der Waals surface area contributed by atoms with Crippen molar-refractivity contribution in [1.29, 1.82) is 5.26 Å². The summed E-state index contributed by atoms with van der Waals surface area (Å²) < 4.78 is 44.9. The first-order valence-corrected chi connectivity index (χ1v) is 8.32. The topological polar surface area (TPSA) is 108 Å². The average Bonchev–Trinajstić information content (AvgIpc) is 2.53. The summed E-state index contributed by atoms with van der Waals surface area (Å²) in [5.74, 6) is -1.96. The number of hydrogen-bond donors (Lipinski definition) is 1. The molecule has 1 aromatic carbocycles. The van der Waals surface area contributed by atoms with Crippen molar-refractivity contribution >= 4 is 16.0 Å². The molecule has 1 N–H and O–H groups in total. The van der Waals surface area contributed by atoms with Gasteiger partial charge in [-0.05, 0) is 31.0 Å². The average molecular weight is 342 g/mol. The molecular formula is C14H15FN2O5S. The predicted octanol–water partition coefficient (Wildman–Crippen LogP) is 0.952. The number of carboxylic acids is 1. The Bertz CT molecular complexity index is 736. The van der Waals surface area contributed by atoms with E-state index in [9.17, 15) is 17.6 Å². The Balaban J connectivity index is 2.06. The fraction of sp³-hybridized carbons (Fsp3) is 0.429. The quantitative estimate of drug-likeness (QED) is 0.853. The van der Waals surface area contributed by atoms with Crippen LogP contribution < -0.4 is 0 Å². The van der Waals surface area contributed by atoms with Crippen molar-refractivity contribution in [2.24, 2.45) is 0 Å². The highest BCUT2D eigenvalue weighted by Gasteiger charge is 2.30. The van der Waals surface area contributed by atoms with Crippen LogP contribution >= 0.6 is 0 Å². The number of ether oxygens (including phenoxy) is 1. The van der Waals surface area contributed by atoms with Crippen LogP contribution in [0, 0.1) is 17.1 Å². The summed E-state index contributed by atoms with van der Waals surface area (Å²) >= 11 is 0. The maximum absolute atomic E-state index is 13.6. The van der Waals surface area contributed by atoms with Gasteiger partial charge in [-0.15, -0.1) is 0 Å². The van der Waals surface area contributed by atoms with E-state index in [1.165, 1.54) is 10.4 Å². The molecule has 23 heavy (non-hydrogen) atoms. The lowest BCUT2D eigenvalue weighted by atomic mass is 10.1. The zero-order valence-electron chi connectivity index (χ0n) is 12.1. The van der Waals surface area contributed by atoms with E-state index >= 15 is 0 Å². The molecule has 0 aromatic heterocycles. The third-order valence-electron chi connectivity index (χ3n) is 3.54. The minimum absolute atomic E-state index is 0.161. The van der Waals surface area contributed by atoms with Crippen LogP contribution in [0.1, 0.15) is 18.4 Å². The van der Waals surface area contributed by atoms with Crippen molar-refractivity contribution in [2.75, 3.05) is 19.7 Å². The van der Waals surface area contributed by atoms with E-state index in [1.54, 1.807) is 6.07 Å². The second kappa shape index (κ2) is 7.04. The van der Waals surface area contributed by atoms with E-state index in [1.807, 2.05) is 0 Å². The van der Waals surface area contributed by atoms with Gasteiger partial charge in [0.1, 0.15) is 18.5 Å². The molecule has 1 aliphatic heterocycles. The molecular weight excluding hydrogens is 327 g/mol. The molecule has 1 fully saturated rings. The van der Waals surface area contributed by atoms with E-state index in [-0.39, 0.29) is 29.7 Å². The maximum atomic E-state index is 13.6. The molecule has 0 saturated carbocycles. The van der Waals surface area contributed by atoms with Crippen molar-refractivity contribution in [1.82, 2.24) is 4.31 Å². The molecule has 1 saturated heterocycles. The first-order chi connectivity index (χ1) is 10.8. The molecule has 0 bridgehead atoms. The van der Waals surface area contributed by atoms with Gasteiger partial charge in [0.15, 0.2) is 0 Å². The minimum Gasteiger partial charge on any atom is -0.480 e. The highest BCUT2D eigenvalue weighted by atomic mass is 32.2. The van der Waals surface area contributed by atoms with E-state index in [0.717, 1.165) is 12.1 Å². The fourth-order valence-corrected chi connectivity index (χ4v) is 3.81. The van der Waals surface area contributed by atoms with E-state index < -0.39 is 28.4 Å². The summed E-state index contributed by atoms with van der Waals surface area (Å²) in [7, 11) is -3.85. The molecule has 0 spiro atoms. The van der Waals surface area contributed by atoms with Crippen LogP contribution in [-0.4, -0.2) is 49.6 Å². The first-order valence-electron chi connectivity index (χ1n) is 6.88. The maximum Gasteiger partial charge on any atom is 0.329 e. The zero-order chi connectivity index (χ0) is 17.0. The van der Waals surface area contributed by atoms with Crippen LogP contribution in [0.4, 0.5) is 4.39 Å². The molecule has 1 aliphatic rings. The van der Waals surface area contributed by atoms with Gasteiger partial charge in [0.2, 0.25) is 10.0 Å². The van der Waals surface area contributed by atoms with Crippen molar-refractivity contribution in [3.05, 3.63) is 29.6 Å². The van der Waals surface area contributed by atoms with Gasteiger partial charge in [-0.2, -0.15) is 9.57 Å². The monoisotopic (exact) mass is 342 g/mol. The number of carboxylic acid groups (broad SMARTS) is 1. The van der Waals surface area contributed by atoms with Gasteiger partial charge in [0, 0.05) is 13.1 Å². The molecule has 124 valence electrons. The predicted molar refractivity (Wildman–Crippen MR) is 76.5 cm³/mol. The summed E-state index contributed by atoms with van der Waals surface area (Å²) in [5, 5.41) is 17.2. The highest BCUT2D eigenvalue weighted by Crippen LogP contribution is 2.23. The summed E-state index contributed by atoms with van der Waals surface area (Å²) in [5.41, 5.74) is -0.218. The third-order valence-corrected chi connectivity index (χ3v) is 5.44. The minimum atomic E-state index is -3.85. The number of nitrogens with zero attached hydrogens (tertiary/aromatic N) is 2. The Morgan fingerprint density at radius 1 is 1.43 bits per heavy atom. The van der Waals surface area contributed by atoms with Crippen LogP contribution in [0.2, 0.25) is 0 Å². The van der Waals surface area contributed by atoms with Crippen molar-refractivity contribution in [3.63, 3.8) is 0 Å². The number of halogens is 1. The number of rotatable bonds is 5. The third kappa shape index (κ3) is 4.04. The van der Waals surface area contributed by atoms with Crippen LogP contribution in [0.15, 0.2) is 23.1 Å². The molecule has 0 radical (unpaired) electrons. The number of sulfonamides is 1.